The summed E-state index contributed by atoms with van der Waals surface area (Å²) in [5.74, 6) is -0.236. The molecule has 0 fully saturated rings. The van der Waals surface area contributed by atoms with Gasteiger partial charge >= 0.3 is 12.0 Å². The Kier molecular flexibility index (Phi) is 26.0. The van der Waals surface area contributed by atoms with Crippen LogP contribution in [-0.2, 0) is 14.3 Å². The van der Waals surface area contributed by atoms with Gasteiger partial charge in [0.15, 0.2) is 0 Å². The molecule has 0 aromatic heterocycles. The minimum absolute atomic E-state index is 0.236. The highest BCUT2D eigenvalue weighted by Crippen LogP contribution is 2.27. The van der Waals surface area contributed by atoms with Crippen LogP contribution < -0.4 is 0 Å². The summed E-state index contributed by atoms with van der Waals surface area (Å²) in [5, 5.41) is 0. The SMILES string of the molecule is CC(=O)OCCOCCCCCCCCCCCCCCCCCCCCCC[Si](Cl)(Cl)Cl. The molecular weight excluding hydrogens is 495 g/mol. The molecule has 0 saturated heterocycles. The van der Waals surface area contributed by atoms with E-state index in [9.17, 15) is 4.79 Å². The van der Waals surface area contributed by atoms with Crippen molar-refractivity contribution in [1.82, 2.24) is 0 Å². The van der Waals surface area contributed by atoms with Crippen LogP contribution in [0.3, 0.4) is 0 Å². The van der Waals surface area contributed by atoms with Crippen molar-refractivity contribution in [1.29, 1.82) is 0 Å². The zero-order valence-electron chi connectivity index (χ0n) is 21.3. The Hall–Kier alpha value is 0.517. The first-order chi connectivity index (χ1) is 15.9. The lowest BCUT2D eigenvalue weighted by atomic mass is 10.0. The standard InChI is InChI=1S/C26H51Cl3O3Si/c1-26(30)32-24-23-31-22-20-18-16-14-12-10-8-6-4-2-3-5-7-9-11-13-15-17-19-21-25-33(27,28)29/h2-25H2,1H3. The van der Waals surface area contributed by atoms with Crippen LogP contribution in [0.5, 0.6) is 0 Å². The van der Waals surface area contributed by atoms with Crippen molar-refractivity contribution in [2.45, 2.75) is 141 Å². The van der Waals surface area contributed by atoms with E-state index in [1.165, 1.54) is 122 Å². The number of rotatable bonds is 26. The van der Waals surface area contributed by atoms with Gasteiger partial charge in [-0.2, -0.15) is 0 Å². The molecule has 0 N–H and O–H groups in total. The fourth-order valence-electron chi connectivity index (χ4n) is 4.06. The third-order valence-electron chi connectivity index (χ3n) is 6.03. The monoisotopic (exact) mass is 544 g/mol. The van der Waals surface area contributed by atoms with Gasteiger partial charge in [-0.1, -0.05) is 122 Å². The number of halogens is 3. The Bertz CT molecular complexity index is 420. The Labute approximate surface area is 220 Å². The number of hydrogen-bond donors (Lipinski definition) is 0. The molecule has 0 aromatic carbocycles. The van der Waals surface area contributed by atoms with Gasteiger partial charge in [-0.3, -0.25) is 4.79 Å². The van der Waals surface area contributed by atoms with Crippen molar-refractivity contribution in [2.75, 3.05) is 19.8 Å². The van der Waals surface area contributed by atoms with E-state index in [1.807, 2.05) is 0 Å². The van der Waals surface area contributed by atoms with E-state index in [0.29, 0.717) is 13.2 Å². The first-order valence-corrected chi connectivity index (χ1v) is 18.9. The van der Waals surface area contributed by atoms with Crippen LogP contribution in [0, 0.1) is 0 Å². The Morgan fingerprint density at radius 1 is 0.515 bits per heavy atom. The maximum Gasteiger partial charge on any atom is 0.341 e. The fraction of sp³-hybridized carbons (Fsp3) is 0.962. The van der Waals surface area contributed by atoms with Crippen molar-refractivity contribution in [3.05, 3.63) is 0 Å². The van der Waals surface area contributed by atoms with Gasteiger partial charge in [0.05, 0.1) is 6.61 Å². The molecule has 0 aliphatic rings. The number of ether oxygens (including phenoxy) is 2. The third kappa shape index (κ3) is 32.5. The van der Waals surface area contributed by atoms with E-state index < -0.39 is 6.00 Å². The first-order valence-electron chi connectivity index (χ1n) is 13.7. The highest BCUT2D eigenvalue weighted by molar-refractivity contribution is 7.64. The normalized spacial score (nSPS) is 11.8. The molecule has 0 saturated carbocycles. The summed E-state index contributed by atoms with van der Waals surface area (Å²) < 4.78 is 10.3. The summed E-state index contributed by atoms with van der Waals surface area (Å²) >= 11 is 17.7. The van der Waals surface area contributed by atoms with Crippen LogP contribution in [0.1, 0.15) is 135 Å². The molecule has 0 radical (unpaired) electrons. The molecule has 0 heterocycles. The molecule has 0 atom stereocenters. The summed E-state index contributed by atoms with van der Waals surface area (Å²) in [4.78, 5) is 10.6. The van der Waals surface area contributed by atoms with Crippen molar-refractivity contribution >= 4 is 45.2 Å². The Morgan fingerprint density at radius 3 is 1.18 bits per heavy atom. The van der Waals surface area contributed by atoms with Gasteiger partial charge in [-0.25, -0.2) is 0 Å². The van der Waals surface area contributed by atoms with Gasteiger partial charge < -0.3 is 9.47 Å². The summed E-state index contributed by atoms with van der Waals surface area (Å²) in [5.41, 5.74) is 0. The first kappa shape index (κ1) is 33.5. The van der Waals surface area contributed by atoms with Gasteiger partial charge in [-0.05, 0) is 12.5 Å². The van der Waals surface area contributed by atoms with E-state index in [1.54, 1.807) is 0 Å². The average Bonchev–Trinajstić information content (AvgIpc) is 2.75. The summed E-state index contributed by atoms with van der Waals surface area (Å²) in [6.45, 7) is 3.10. The van der Waals surface area contributed by atoms with Crippen molar-refractivity contribution in [3.63, 3.8) is 0 Å². The predicted molar refractivity (Wildman–Crippen MR) is 148 cm³/mol. The zero-order valence-corrected chi connectivity index (χ0v) is 24.6. The second-order valence-electron chi connectivity index (χ2n) is 9.39. The Morgan fingerprint density at radius 2 is 0.848 bits per heavy atom. The lowest BCUT2D eigenvalue weighted by Crippen LogP contribution is -2.08. The second kappa shape index (κ2) is 25.6. The molecule has 0 aromatic rings. The molecule has 7 heteroatoms. The molecule has 0 aliphatic heterocycles. The van der Waals surface area contributed by atoms with Crippen LogP contribution >= 0.6 is 33.2 Å². The minimum Gasteiger partial charge on any atom is -0.463 e. The molecule has 198 valence electrons. The molecule has 0 unspecified atom stereocenters. The van der Waals surface area contributed by atoms with Crippen molar-refractivity contribution in [2.24, 2.45) is 0 Å². The van der Waals surface area contributed by atoms with Crippen LogP contribution in [0.15, 0.2) is 0 Å². The zero-order chi connectivity index (χ0) is 24.5. The number of esters is 1. The number of hydrogen-bond acceptors (Lipinski definition) is 3. The third-order valence-corrected chi connectivity index (χ3v) is 8.65. The maximum atomic E-state index is 10.6. The molecule has 0 bridgehead atoms. The van der Waals surface area contributed by atoms with Crippen LogP contribution in [0.4, 0.5) is 0 Å². The van der Waals surface area contributed by atoms with Crippen LogP contribution in [0.25, 0.3) is 0 Å². The van der Waals surface area contributed by atoms with Crippen molar-refractivity contribution < 1.29 is 14.3 Å². The Balaban J connectivity index is 3.05. The average molecular weight is 546 g/mol. The number of carbonyl (C=O) groups is 1. The van der Waals surface area contributed by atoms with Gasteiger partial charge in [-0.15, -0.1) is 33.2 Å². The molecule has 0 rings (SSSR count). The topological polar surface area (TPSA) is 35.5 Å². The number of unbranched alkanes of at least 4 members (excludes halogenated alkanes) is 19. The van der Waals surface area contributed by atoms with Crippen molar-refractivity contribution in [3.8, 4) is 0 Å². The smallest absolute Gasteiger partial charge is 0.341 e. The van der Waals surface area contributed by atoms with E-state index in [0.717, 1.165) is 25.5 Å². The largest absolute Gasteiger partial charge is 0.463 e. The highest BCUT2D eigenvalue weighted by atomic mass is 35.8. The lowest BCUT2D eigenvalue weighted by Gasteiger charge is -2.07. The minimum atomic E-state index is -2.37. The summed E-state index contributed by atoms with van der Waals surface area (Å²) in [7, 11) is 0. The molecule has 0 spiro atoms. The van der Waals surface area contributed by atoms with Crippen LogP contribution in [0.2, 0.25) is 6.04 Å². The van der Waals surface area contributed by atoms with E-state index in [2.05, 4.69) is 0 Å². The molecular formula is C26H51Cl3O3Si. The van der Waals surface area contributed by atoms with Gasteiger partial charge in [0.2, 0.25) is 0 Å². The van der Waals surface area contributed by atoms with Gasteiger partial charge in [0.25, 0.3) is 0 Å². The highest BCUT2D eigenvalue weighted by Gasteiger charge is 2.23. The van der Waals surface area contributed by atoms with Gasteiger partial charge in [0, 0.05) is 13.5 Å². The predicted octanol–water partition coefficient (Wildman–Crippen LogP) is 10.0. The molecule has 33 heavy (non-hydrogen) atoms. The van der Waals surface area contributed by atoms with Crippen LogP contribution in [-0.4, -0.2) is 31.8 Å². The van der Waals surface area contributed by atoms with E-state index in [-0.39, 0.29) is 5.97 Å². The fourth-order valence-corrected chi connectivity index (χ4v) is 5.91. The van der Waals surface area contributed by atoms with E-state index in [4.69, 9.17) is 42.7 Å². The molecule has 3 nitrogen and oxygen atoms in total. The summed E-state index contributed by atoms with van der Waals surface area (Å²) in [6, 6.07) is -1.56. The van der Waals surface area contributed by atoms with E-state index >= 15 is 0 Å². The number of carbonyl (C=O) groups excluding carboxylic acids is 1. The molecule has 0 aliphatic carbocycles. The molecule has 0 amide bonds. The lowest BCUT2D eigenvalue weighted by molar-refractivity contribution is -0.142. The second-order valence-corrected chi connectivity index (χ2v) is 18.7. The summed E-state index contributed by atoms with van der Waals surface area (Å²) in [6.07, 6.45) is 26.8. The maximum absolute atomic E-state index is 10.6. The van der Waals surface area contributed by atoms with Gasteiger partial charge in [0.1, 0.15) is 6.61 Å². The quantitative estimate of drug-likeness (QED) is 0.0469.